The first-order valence-electron chi connectivity index (χ1n) is 33.2. The predicted octanol–water partition coefficient (Wildman–Crippen LogP) is 26.0. The first kappa shape index (κ1) is 62.7. The molecule has 93 heavy (non-hydrogen) atoms. The van der Waals surface area contributed by atoms with Crippen molar-refractivity contribution >= 4 is 79.8 Å². The Morgan fingerprint density at radius 1 is 0.280 bits per heavy atom. The van der Waals surface area contributed by atoms with E-state index >= 15 is 0 Å². The highest BCUT2D eigenvalue weighted by Crippen LogP contribution is 2.63. The highest BCUT2D eigenvalue weighted by molar-refractivity contribution is 6.37. The normalized spacial score (nSPS) is 13.7. The van der Waals surface area contributed by atoms with Crippen molar-refractivity contribution in [1.29, 1.82) is 0 Å². The summed E-state index contributed by atoms with van der Waals surface area (Å²) in [6.07, 6.45) is 0. The summed E-state index contributed by atoms with van der Waals surface area (Å²) in [5.74, 6) is 0. The maximum Gasteiger partial charge on any atom is 0.0887 e. The molecule has 0 heterocycles. The zero-order chi connectivity index (χ0) is 65.8. The minimum Gasteiger partial charge on any atom is -0.310 e. The van der Waals surface area contributed by atoms with Crippen molar-refractivity contribution in [3.8, 4) is 22.3 Å². The number of rotatable bonds is 12. The molecule has 0 amide bonds. The lowest BCUT2D eigenvalue weighted by Gasteiger charge is -2.38. The van der Waals surface area contributed by atoms with Crippen LogP contribution in [0.15, 0.2) is 231 Å². The van der Waals surface area contributed by atoms with E-state index in [-0.39, 0.29) is 16.2 Å². The quantitative estimate of drug-likeness (QED) is 0.121. The molecular formula is C88H89ClN4. The zero-order valence-corrected chi connectivity index (χ0v) is 58.4. The molecule has 0 N–H and O–H groups in total. The van der Waals surface area contributed by atoms with Gasteiger partial charge in [0.25, 0.3) is 0 Å². The van der Waals surface area contributed by atoms with Gasteiger partial charge < -0.3 is 19.6 Å². The van der Waals surface area contributed by atoms with Crippen molar-refractivity contribution < 1.29 is 0 Å². The Kier molecular flexibility index (Phi) is 15.6. The Morgan fingerprint density at radius 3 is 0.828 bits per heavy atom. The maximum absolute atomic E-state index is 8.78. The van der Waals surface area contributed by atoms with Crippen LogP contribution in [0.3, 0.4) is 0 Å². The standard InChI is InChI=1S/C88H89ClN4/c1-56-26-38-63(39-27-56)90(64-40-28-57(2)29-41-64)73-50-52-75(81-79(73)69-22-18-20-24-71(69)87(81,14)15)92(67-46-34-60(35-47-67)84(5,6)7)77-54-62(86(11,12)13)55-78(83(77)89)93(68-48-36-61(37-49-68)85(8,9)10)76-53-51-74(80-70-23-19-21-25-72(70)88(16,17)82(76)80)91(65-42-30-58(3)31-43-65)66-44-32-59(4)33-45-66/h18-55H,1-17H3. The van der Waals surface area contributed by atoms with Crippen LogP contribution in [0, 0.1) is 27.7 Å². The molecule has 0 saturated heterocycles. The fourth-order valence-electron chi connectivity index (χ4n) is 14.5. The summed E-state index contributed by atoms with van der Waals surface area (Å²) in [6, 6.07) is 86.9. The van der Waals surface area contributed by atoms with Gasteiger partial charge in [-0.25, -0.2) is 0 Å². The number of hydrogen-bond acceptors (Lipinski definition) is 4. The average molecular weight is 1240 g/mol. The van der Waals surface area contributed by atoms with Gasteiger partial charge in [0.15, 0.2) is 0 Å². The number of benzene rings is 11. The minimum atomic E-state index is -0.460. The van der Waals surface area contributed by atoms with Crippen molar-refractivity contribution in [2.24, 2.45) is 0 Å². The van der Waals surface area contributed by atoms with E-state index in [0.717, 1.165) is 73.8 Å². The number of aryl methyl sites for hydroxylation is 4. The molecule has 0 saturated carbocycles. The van der Waals surface area contributed by atoms with Gasteiger partial charge in [-0.2, -0.15) is 0 Å². The van der Waals surface area contributed by atoms with Gasteiger partial charge in [0.1, 0.15) is 0 Å². The average Bonchev–Trinajstić information content (AvgIpc) is 1.59. The third kappa shape index (κ3) is 11.1. The predicted molar refractivity (Wildman–Crippen MR) is 400 cm³/mol. The number of halogens is 1. The lowest BCUT2D eigenvalue weighted by molar-refractivity contribution is 0.589. The summed E-state index contributed by atoms with van der Waals surface area (Å²) >= 11 is 8.78. The molecule has 0 radical (unpaired) electrons. The van der Waals surface area contributed by atoms with Crippen LogP contribution < -0.4 is 19.6 Å². The van der Waals surface area contributed by atoms with Gasteiger partial charge in [-0.05, 0) is 203 Å². The molecule has 0 spiro atoms. The largest absolute Gasteiger partial charge is 0.310 e. The molecule has 4 nitrogen and oxygen atoms in total. The molecule has 5 heteroatoms. The Labute approximate surface area is 559 Å². The fraction of sp³-hybridized carbons (Fsp3) is 0.250. The molecule has 11 aromatic carbocycles. The molecule has 0 aromatic heterocycles. The first-order chi connectivity index (χ1) is 44.1. The Hall–Kier alpha value is -9.09. The second kappa shape index (κ2) is 23.2. The summed E-state index contributed by atoms with van der Waals surface area (Å²) in [6.45, 7) is 39.1. The summed E-state index contributed by atoms with van der Waals surface area (Å²) < 4.78 is 0. The van der Waals surface area contributed by atoms with E-state index < -0.39 is 10.8 Å². The maximum atomic E-state index is 8.78. The summed E-state index contributed by atoms with van der Waals surface area (Å²) in [7, 11) is 0. The molecule has 13 rings (SSSR count). The van der Waals surface area contributed by atoms with E-state index in [1.54, 1.807) is 0 Å². The lowest BCUT2D eigenvalue weighted by Crippen LogP contribution is -2.24. The highest BCUT2D eigenvalue weighted by Gasteiger charge is 2.45. The van der Waals surface area contributed by atoms with Crippen LogP contribution in [-0.2, 0) is 27.1 Å². The third-order valence-corrected chi connectivity index (χ3v) is 20.2. The van der Waals surface area contributed by atoms with Crippen molar-refractivity contribution in [3.63, 3.8) is 0 Å². The molecule has 0 fully saturated rings. The van der Waals surface area contributed by atoms with Gasteiger partial charge in [-0.3, -0.25) is 0 Å². The number of fused-ring (bicyclic) bond motifs is 6. The molecule has 2 aliphatic rings. The van der Waals surface area contributed by atoms with E-state index in [2.05, 4.69) is 368 Å². The Bertz CT molecular complexity index is 4250. The van der Waals surface area contributed by atoms with Crippen molar-refractivity contribution in [2.75, 3.05) is 19.6 Å². The van der Waals surface area contributed by atoms with Crippen LogP contribution in [-0.4, -0.2) is 0 Å². The SMILES string of the molecule is Cc1ccc(N(c2ccc(C)cc2)c2ccc(N(c3ccc(C(C)(C)C)cc3)c3cc(C(C)(C)C)cc(N(c4ccc(C(C)(C)C)cc4)c4ccc(N(c5ccc(C)cc5)c5ccc(C)cc5)c5c4C(C)(C)c4ccccc4-5)c3Cl)c3c2-c2ccccc2C3(C)C)cc1. The number of hydrogen-bond donors (Lipinski definition) is 0. The van der Waals surface area contributed by atoms with Gasteiger partial charge in [0.05, 0.1) is 39.1 Å². The molecule has 0 unspecified atom stereocenters. The molecule has 0 atom stereocenters. The zero-order valence-electron chi connectivity index (χ0n) is 57.6. The van der Waals surface area contributed by atoms with Crippen LogP contribution in [0.1, 0.15) is 151 Å². The highest BCUT2D eigenvalue weighted by atomic mass is 35.5. The number of nitrogens with zero attached hydrogens (tertiary/aromatic N) is 4. The van der Waals surface area contributed by atoms with E-state index in [0.29, 0.717) is 5.02 Å². The minimum absolute atomic E-state index is 0.0775. The third-order valence-electron chi connectivity index (χ3n) is 19.8. The lowest BCUT2D eigenvalue weighted by atomic mass is 9.80. The summed E-state index contributed by atoms with van der Waals surface area (Å²) in [4.78, 5) is 9.92. The van der Waals surface area contributed by atoms with Gasteiger partial charge in [0, 0.05) is 56.1 Å². The topological polar surface area (TPSA) is 13.0 Å². The van der Waals surface area contributed by atoms with Gasteiger partial charge >= 0.3 is 0 Å². The van der Waals surface area contributed by atoms with Crippen LogP contribution in [0.5, 0.6) is 0 Å². The van der Waals surface area contributed by atoms with Crippen molar-refractivity contribution in [3.05, 3.63) is 297 Å². The van der Waals surface area contributed by atoms with Crippen molar-refractivity contribution in [1.82, 2.24) is 0 Å². The van der Waals surface area contributed by atoms with E-state index in [4.69, 9.17) is 11.6 Å². The van der Waals surface area contributed by atoms with Crippen LogP contribution >= 0.6 is 11.6 Å². The van der Waals surface area contributed by atoms with Crippen molar-refractivity contribution in [2.45, 2.75) is 145 Å². The van der Waals surface area contributed by atoms with E-state index in [9.17, 15) is 0 Å². The number of anilines is 12. The molecule has 11 aromatic rings. The monoisotopic (exact) mass is 1240 g/mol. The molecule has 0 bridgehead atoms. The Morgan fingerprint density at radius 2 is 0.538 bits per heavy atom. The molecule has 0 aliphatic heterocycles. The second-order valence-corrected chi connectivity index (χ2v) is 30.8. The van der Waals surface area contributed by atoms with Gasteiger partial charge in [-0.15, -0.1) is 0 Å². The summed E-state index contributed by atoms with van der Waals surface area (Å²) in [5, 5.41) is 0.641. The van der Waals surface area contributed by atoms with E-state index in [1.807, 2.05) is 0 Å². The smallest absolute Gasteiger partial charge is 0.0887 e. The summed E-state index contributed by atoms with van der Waals surface area (Å²) in [5.41, 5.74) is 29.7. The van der Waals surface area contributed by atoms with Crippen LogP contribution in [0.2, 0.25) is 5.02 Å². The fourth-order valence-corrected chi connectivity index (χ4v) is 14.8. The van der Waals surface area contributed by atoms with Crippen LogP contribution in [0.25, 0.3) is 22.3 Å². The molecular weight excluding hydrogens is 1150 g/mol. The van der Waals surface area contributed by atoms with Gasteiger partial charge in [0.2, 0.25) is 0 Å². The van der Waals surface area contributed by atoms with Crippen LogP contribution in [0.4, 0.5) is 68.2 Å². The molecule has 2 aliphatic carbocycles. The van der Waals surface area contributed by atoms with E-state index in [1.165, 1.54) is 77.9 Å². The molecule has 468 valence electrons. The first-order valence-corrected chi connectivity index (χ1v) is 33.6. The Balaban J connectivity index is 1.13. The van der Waals surface area contributed by atoms with Gasteiger partial charge in [-0.1, -0.05) is 245 Å². The second-order valence-electron chi connectivity index (χ2n) is 30.4.